The Hall–Kier alpha value is -0.730. The molecule has 1 aromatic rings. The molecule has 2 unspecified atom stereocenters. The summed E-state index contributed by atoms with van der Waals surface area (Å²) in [5.74, 6) is 1.56. The number of nitrogens with zero attached hydrogens (tertiary/aromatic N) is 1. The number of benzene rings is 1. The summed E-state index contributed by atoms with van der Waals surface area (Å²) in [7, 11) is 0. The summed E-state index contributed by atoms with van der Waals surface area (Å²) >= 11 is 5.99. The van der Waals surface area contributed by atoms with Crippen LogP contribution < -0.4 is 5.73 Å². The van der Waals surface area contributed by atoms with Crippen molar-refractivity contribution < 1.29 is 0 Å². The van der Waals surface area contributed by atoms with E-state index in [0.717, 1.165) is 47.7 Å². The third kappa shape index (κ3) is 2.50. The minimum absolute atomic E-state index is 0.768. The third-order valence-electron chi connectivity index (χ3n) is 3.56. The molecular weight excluding hydrogens is 220 g/mol. The lowest BCUT2D eigenvalue weighted by Crippen LogP contribution is -2.20. The van der Waals surface area contributed by atoms with Gasteiger partial charge in [0.2, 0.25) is 0 Å². The monoisotopic (exact) mass is 238 g/mol. The molecule has 3 heteroatoms. The highest BCUT2D eigenvalue weighted by molar-refractivity contribution is 6.30. The average Bonchev–Trinajstić information content (AvgIpc) is 2.52. The Labute approximate surface area is 102 Å². The SMILES string of the molecule is CC1CN(Cc2cc(Cl)ccc2N)CC1C. The summed E-state index contributed by atoms with van der Waals surface area (Å²) in [5.41, 5.74) is 7.94. The highest BCUT2D eigenvalue weighted by atomic mass is 35.5. The van der Waals surface area contributed by atoms with Crippen molar-refractivity contribution in [3.63, 3.8) is 0 Å². The number of anilines is 1. The van der Waals surface area contributed by atoms with Gasteiger partial charge in [-0.1, -0.05) is 25.4 Å². The fourth-order valence-electron chi connectivity index (χ4n) is 2.33. The van der Waals surface area contributed by atoms with E-state index in [1.807, 2.05) is 18.2 Å². The van der Waals surface area contributed by atoms with Gasteiger partial charge < -0.3 is 5.73 Å². The van der Waals surface area contributed by atoms with E-state index in [0.29, 0.717) is 0 Å². The summed E-state index contributed by atoms with van der Waals surface area (Å²) in [6, 6.07) is 5.71. The molecule has 0 spiro atoms. The van der Waals surface area contributed by atoms with E-state index in [9.17, 15) is 0 Å². The second kappa shape index (κ2) is 4.64. The molecule has 0 bridgehead atoms. The zero-order valence-corrected chi connectivity index (χ0v) is 10.7. The quantitative estimate of drug-likeness (QED) is 0.803. The summed E-state index contributed by atoms with van der Waals surface area (Å²) in [6.45, 7) is 7.86. The van der Waals surface area contributed by atoms with Gasteiger partial charge in [0.15, 0.2) is 0 Å². The molecule has 1 saturated heterocycles. The molecule has 16 heavy (non-hydrogen) atoms. The first-order chi connectivity index (χ1) is 7.56. The van der Waals surface area contributed by atoms with Crippen LogP contribution in [0.5, 0.6) is 0 Å². The predicted molar refractivity (Wildman–Crippen MR) is 69.5 cm³/mol. The van der Waals surface area contributed by atoms with Crippen LogP contribution in [0.1, 0.15) is 19.4 Å². The van der Waals surface area contributed by atoms with Crippen LogP contribution in [0, 0.1) is 11.8 Å². The molecule has 0 aromatic heterocycles. The molecule has 2 nitrogen and oxygen atoms in total. The maximum absolute atomic E-state index is 5.99. The number of rotatable bonds is 2. The van der Waals surface area contributed by atoms with E-state index < -0.39 is 0 Å². The van der Waals surface area contributed by atoms with Crippen LogP contribution in [0.2, 0.25) is 5.02 Å². The molecule has 0 aliphatic carbocycles. The molecule has 1 aromatic carbocycles. The van der Waals surface area contributed by atoms with Gasteiger partial charge in [0.1, 0.15) is 0 Å². The first-order valence-corrected chi connectivity index (χ1v) is 6.20. The lowest BCUT2D eigenvalue weighted by Gasteiger charge is -2.17. The van der Waals surface area contributed by atoms with Gasteiger partial charge in [-0.2, -0.15) is 0 Å². The topological polar surface area (TPSA) is 29.3 Å². The van der Waals surface area contributed by atoms with Crippen LogP contribution in [0.15, 0.2) is 18.2 Å². The van der Waals surface area contributed by atoms with Crippen molar-refractivity contribution in [2.45, 2.75) is 20.4 Å². The number of hydrogen-bond acceptors (Lipinski definition) is 2. The molecule has 1 fully saturated rings. The van der Waals surface area contributed by atoms with Crippen LogP contribution in [0.3, 0.4) is 0 Å². The first-order valence-electron chi connectivity index (χ1n) is 5.82. The van der Waals surface area contributed by atoms with Crippen molar-refractivity contribution in [2.75, 3.05) is 18.8 Å². The van der Waals surface area contributed by atoms with E-state index >= 15 is 0 Å². The van der Waals surface area contributed by atoms with Gasteiger partial charge in [-0.3, -0.25) is 4.90 Å². The van der Waals surface area contributed by atoms with Gasteiger partial charge in [0, 0.05) is 30.3 Å². The van der Waals surface area contributed by atoms with Crippen LogP contribution >= 0.6 is 11.6 Å². The lowest BCUT2D eigenvalue weighted by atomic mass is 10.0. The molecule has 0 saturated carbocycles. The van der Waals surface area contributed by atoms with Crippen molar-refractivity contribution in [1.82, 2.24) is 4.90 Å². The van der Waals surface area contributed by atoms with Crippen LogP contribution in [0.4, 0.5) is 5.69 Å². The first kappa shape index (κ1) is 11.7. The van der Waals surface area contributed by atoms with Gasteiger partial charge in [-0.15, -0.1) is 0 Å². The smallest absolute Gasteiger partial charge is 0.0410 e. The molecular formula is C13H19ClN2. The van der Waals surface area contributed by atoms with E-state index in [2.05, 4.69) is 18.7 Å². The van der Waals surface area contributed by atoms with Gasteiger partial charge in [-0.25, -0.2) is 0 Å². The number of halogens is 1. The summed E-state index contributed by atoms with van der Waals surface area (Å²) < 4.78 is 0. The summed E-state index contributed by atoms with van der Waals surface area (Å²) in [5, 5.41) is 0.768. The normalized spacial score (nSPS) is 26.2. The summed E-state index contributed by atoms with van der Waals surface area (Å²) in [4.78, 5) is 2.46. The van der Waals surface area contributed by atoms with E-state index in [1.165, 1.54) is 0 Å². The lowest BCUT2D eigenvalue weighted by molar-refractivity contribution is 0.316. The molecule has 1 aliphatic rings. The Morgan fingerprint density at radius 2 is 1.94 bits per heavy atom. The standard InChI is InChI=1S/C13H19ClN2/c1-9-6-16(7-10(9)2)8-11-5-12(14)3-4-13(11)15/h3-5,9-10H,6-8,15H2,1-2H3. The van der Waals surface area contributed by atoms with Crippen molar-refractivity contribution in [3.8, 4) is 0 Å². The molecule has 1 aliphatic heterocycles. The number of likely N-dealkylation sites (tertiary alicyclic amines) is 1. The molecule has 2 atom stereocenters. The van der Waals surface area contributed by atoms with Gasteiger partial charge in [0.25, 0.3) is 0 Å². The third-order valence-corrected chi connectivity index (χ3v) is 3.80. The largest absolute Gasteiger partial charge is 0.398 e. The van der Waals surface area contributed by atoms with Gasteiger partial charge in [-0.05, 0) is 35.6 Å². The van der Waals surface area contributed by atoms with E-state index in [-0.39, 0.29) is 0 Å². The van der Waals surface area contributed by atoms with Crippen LogP contribution in [-0.2, 0) is 6.54 Å². The Morgan fingerprint density at radius 1 is 1.31 bits per heavy atom. The average molecular weight is 239 g/mol. The Balaban J connectivity index is 2.07. The maximum atomic E-state index is 5.99. The second-order valence-electron chi connectivity index (χ2n) is 4.99. The van der Waals surface area contributed by atoms with Gasteiger partial charge >= 0.3 is 0 Å². The molecule has 0 radical (unpaired) electrons. The summed E-state index contributed by atoms with van der Waals surface area (Å²) in [6.07, 6.45) is 0. The molecule has 88 valence electrons. The van der Waals surface area contributed by atoms with E-state index in [4.69, 9.17) is 17.3 Å². The van der Waals surface area contributed by atoms with Crippen molar-refractivity contribution in [1.29, 1.82) is 0 Å². The Morgan fingerprint density at radius 3 is 2.56 bits per heavy atom. The fourth-order valence-corrected chi connectivity index (χ4v) is 2.52. The zero-order valence-electron chi connectivity index (χ0n) is 9.91. The minimum atomic E-state index is 0.768. The van der Waals surface area contributed by atoms with E-state index in [1.54, 1.807) is 0 Å². The number of nitrogens with two attached hydrogens (primary N) is 1. The Bertz CT molecular complexity index is 368. The number of hydrogen-bond donors (Lipinski definition) is 1. The maximum Gasteiger partial charge on any atom is 0.0410 e. The van der Waals surface area contributed by atoms with Crippen molar-refractivity contribution in [2.24, 2.45) is 11.8 Å². The molecule has 2 rings (SSSR count). The van der Waals surface area contributed by atoms with Crippen molar-refractivity contribution in [3.05, 3.63) is 28.8 Å². The Kier molecular flexibility index (Phi) is 3.41. The van der Waals surface area contributed by atoms with Crippen molar-refractivity contribution >= 4 is 17.3 Å². The minimum Gasteiger partial charge on any atom is -0.398 e. The molecule has 2 N–H and O–H groups in total. The highest BCUT2D eigenvalue weighted by Crippen LogP contribution is 2.26. The van der Waals surface area contributed by atoms with Crippen LogP contribution in [-0.4, -0.2) is 18.0 Å². The highest BCUT2D eigenvalue weighted by Gasteiger charge is 2.26. The predicted octanol–water partition coefficient (Wildman–Crippen LogP) is 3.01. The second-order valence-corrected chi connectivity index (χ2v) is 5.43. The number of nitrogen functional groups attached to an aromatic ring is 1. The molecule has 0 amide bonds. The van der Waals surface area contributed by atoms with Crippen LogP contribution in [0.25, 0.3) is 0 Å². The van der Waals surface area contributed by atoms with Gasteiger partial charge in [0.05, 0.1) is 0 Å². The zero-order chi connectivity index (χ0) is 11.7. The fraction of sp³-hybridized carbons (Fsp3) is 0.538. The molecule has 1 heterocycles.